The first-order valence-corrected chi connectivity index (χ1v) is 6.47. The minimum Gasteiger partial charge on any atom is -0.497 e. The molecule has 0 unspecified atom stereocenters. The van der Waals surface area contributed by atoms with E-state index in [1.54, 1.807) is 18.2 Å². The van der Waals surface area contributed by atoms with E-state index >= 15 is 0 Å². The minimum absolute atomic E-state index is 0.122. The van der Waals surface area contributed by atoms with Crippen LogP contribution in [0.25, 0.3) is 0 Å². The molecule has 2 aromatic rings. The number of benzene rings is 2. The maximum Gasteiger partial charge on any atom is 0.135 e. The van der Waals surface area contributed by atoms with Crippen molar-refractivity contribution in [3.63, 3.8) is 0 Å². The Balaban J connectivity index is 2.13. The largest absolute Gasteiger partial charge is 0.497 e. The molecule has 0 aliphatic heterocycles. The number of para-hydroxylation sites is 1. The Bertz CT molecular complexity index is 674. The molecule has 2 N–H and O–H groups in total. The molecule has 3 nitrogen and oxygen atoms in total. The molecule has 0 aromatic heterocycles. The molecule has 0 atom stereocenters. The van der Waals surface area contributed by atoms with E-state index in [9.17, 15) is 4.39 Å². The Morgan fingerprint density at radius 2 is 2.00 bits per heavy atom. The van der Waals surface area contributed by atoms with Crippen LogP contribution in [-0.4, -0.2) is 13.7 Å². The molecule has 0 heterocycles. The number of rotatable bonds is 4. The van der Waals surface area contributed by atoms with E-state index in [1.807, 2.05) is 18.2 Å². The summed E-state index contributed by atoms with van der Waals surface area (Å²) in [5.74, 6) is 6.43. The van der Waals surface area contributed by atoms with E-state index in [0.29, 0.717) is 17.1 Å². The Morgan fingerprint density at radius 3 is 2.71 bits per heavy atom. The number of nitrogens with two attached hydrogens (primary N) is 1. The van der Waals surface area contributed by atoms with Crippen LogP contribution in [-0.2, 0) is 6.61 Å². The molecule has 0 fully saturated rings. The first-order valence-electron chi connectivity index (χ1n) is 6.47. The van der Waals surface area contributed by atoms with Crippen molar-refractivity contribution in [3.8, 4) is 23.3 Å². The number of methoxy groups -OCH3 is 1. The van der Waals surface area contributed by atoms with Gasteiger partial charge in [-0.3, -0.25) is 0 Å². The topological polar surface area (TPSA) is 44.5 Å². The van der Waals surface area contributed by atoms with E-state index in [4.69, 9.17) is 15.2 Å². The van der Waals surface area contributed by atoms with Crippen molar-refractivity contribution in [3.05, 3.63) is 59.4 Å². The Hall–Kier alpha value is -2.51. The van der Waals surface area contributed by atoms with Crippen molar-refractivity contribution in [2.75, 3.05) is 13.7 Å². The van der Waals surface area contributed by atoms with Gasteiger partial charge in [-0.2, -0.15) is 0 Å². The van der Waals surface area contributed by atoms with Crippen LogP contribution in [0.5, 0.6) is 11.5 Å². The second kappa shape index (κ2) is 7.32. The van der Waals surface area contributed by atoms with E-state index in [-0.39, 0.29) is 19.0 Å². The molecule has 21 heavy (non-hydrogen) atoms. The SMILES string of the molecule is COc1ccc(COc2ccccc2C#CCN)c(F)c1. The molecule has 2 aromatic carbocycles. The summed E-state index contributed by atoms with van der Waals surface area (Å²) < 4.78 is 24.5. The maximum absolute atomic E-state index is 13.8. The molecule has 0 amide bonds. The molecule has 0 aliphatic carbocycles. The van der Waals surface area contributed by atoms with Gasteiger partial charge in [0.2, 0.25) is 0 Å². The van der Waals surface area contributed by atoms with Crippen molar-refractivity contribution in [2.45, 2.75) is 6.61 Å². The van der Waals surface area contributed by atoms with Crippen LogP contribution in [0.3, 0.4) is 0 Å². The summed E-state index contributed by atoms with van der Waals surface area (Å²) in [7, 11) is 1.50. The van der Waals surface area contributed by atoms with Crippen LogP contribution in [0, 0.1) is 17.7 Å². The van der Waals surface area contributed by atoms with Crippen LogP contribution in [0.2, 0.25) is 0 Å². The van der Waals surface area contributed by atoms with Crippen LogP contribution >= 0.6 is 0 Å². The predicted octanol–water partition coefficient (Wildman–Crippen LogP) is 2.72. The van der Waals surface area contributed by atoms with E-state index in [2.05, 4.69) is 11.8 Å². The summed E-state index contributed by atoms with van der Waals surface area (Å²) in [6.45, 7) is 0.401. The van der Waals surface area contributed by atoms with Crippen molar-refractivity contribution >= 4 is 0 Å². The smallest absolute Gasteiger partial charge is 0.135 e. The molecular formula is C17H16FNO2. The molecule has 0 saturated heterocycles. The Kier molecular flexibility index (Phi) is 5.19. The Labute approximate surface area is 123 Å². The maximum atomic E-state index is 13.8. The zero-order chi connectivity index (χ0) is 15.1. The number of hydrogen-bond acceptors (Lipinski definition) is 3. The molecule has 4 heteroatoms. The summed E-state index contributed by atoms with van der Waals surface area (Å²) in [4.78, 5) is 0. The minimum atomic E-state index is -0.361. The third-order valence-electron chi connectivity index (χ3n) is 2.86. The second-order valence-corrected chi connectivity index (χ2v) is 4.25. The van der Waals surface area contributed by atoms with Gasteiger partial charge < -0.3 is 15.2 Å². The first kappa shape index (κ1) is 14.9. The van der Waals surface area contributed by atoms with Crippen molar-refractivity contribution < 1.29 is 13.9 Å². The number of ether oxygens (including phenoxy) is 2. The van der Waals surface area contributed by atoms with Crippen molar-refractivity contribution in [2.24, 2.45) is 5.73 Å². The molecule has 0 aliphatic rings. The highest BCUT2D eigenvalue weighted by Crippen LogP contribution is 2.21. The van der Waals surface area contributed by atoms with Gasteiger partial charge in [0.25, 0.3) is 0 Å². The molecule has 0 bridgehead atoms. The van der Waals surface area contributed by atoms with Gasteiger partial charge in [-0.15, -0.1) is 0 Å². The fourth-order valence-corrected chi connectivity index (χ4v) is 1.77. The zero-order valence-electron chi connectivity index (χ0n) is 11.7. The van der Waals surface area contributed by atoms with Crippen LogP contribution in [0.15, 0.2) is 42.5 Å². The summed E-state index contributed by atoms with van der Waals surface area (Å²) in [5.41, 5.74) is 6.55. The normalized spacial score (nSPS) is 9.67. The third kappa shape index (κ3) is 3.98. The fourth-order valence-electron chi connectivity index (χ4n) is 1.77. The standard InChI is InChI=1S/C17H16FNO2/c1-20-15-9-8-14(16(18)11-15)12-21-17-7-3-2-5-13(17)6-4-10-19/h2-3,5,7-9,11H,10,12,19H2,1H3. The van der Waals surface area contributed by atoms with Gasteiger partial charge in [0.1, 0.15) is 23.9 Å². The van der Waals surface area contributed by atoms with Gasteiger partial charge in [-0.05, 0) is 24.3 Å². The van der Waals surface area contributed by atoms with Gasteiger partial charge >= 0.3 is 0 Å². The molecule has 0 spiro atoms. The molecule has 0 saturated carbocycles. The average molecular weight is 285 g/mol. The lowest BCUT2D eigenvalue weighted by molar-refractivity contribution is 0.298. The molecule has 2 rings (SSSR count). The molecule has 108 valence electrons. The van der Waals surface area contributed by atoms with Gasteiger partial charge in [0.05, 0.1) is 19.2 Å². The number of halogens is 1. The highest BCUT2D eigenvalue weighted by molar-refractivity contribution is 5.46. The van der Waals surface area contributed by atoms with Gasteiger partial charge in [-0.25, -0.2) is 4.39 Å². The predicted molar refractivity (Wildman–Crippen MR) is 79.7 cm³/mol. The Morgan fingerprint density at radius 1 is 1.19 bits per heavy atom. The number of hydrogen-bond donors (Lipinski definition) is 1. The summed E-state index contributed by atoms with van der Waals surface area (Å²) in [6.07, 6.45) is 0. The third-order valence-corrected chi connectivity index (χ3v) is 2.86. The summed E-state index contributed by atoms with van der Waals surface area (Å²) in [6, 6.07) is 12.0. The van der Waals surface area contributed by atoms with Gasteiger partial charge in [-0.1, -0.05) is 24.0 Å². The quantitative estimate of drug-likeness (QED) is 0.878. The van der Waals surface area contributed by atoms with Crippen LogP contribution < -0.4 is 15.2 Å². The highest BCUT2D eigenvalue weighted by atomic mass is 19.1. The van der Waals surface area contributed by atoms with Gasteiger partial charge in [0, 0.05) is 11.6 Å². The van der Waals surface area contributed by atoms with Crippen molar-refractivity contribution in [1.29, 1.82) is 0 Å². The van der Waals surface area contributed by atoms with E-state index in [1.165, 1.54) is 13.2 Å². The van der Waals surface area contributed by atoms with E-state index in [0.717, 1.165) is 5.56 Å². The second-order valence-electron chi connectivity index (χ2n) is 4.25. The summed E-state index contributed by atoms with van der Waals surface area (Å²) in [5, 5.41) is 0. The lowest BCUT2D eigenvalue weighted by Gasteiger charge is -2.09. The lowest BCUT2D eigenvalue weighted by atomic mass is 10.2. The van der Waals surface area contributed by atoms with Crippen LogP contribution in [0.4, 0.5) is 4.39 Å². The lowest BCUT2D eigenvalue weighted by Crippen LogP contribution is -2.00. The van der Waals surface area contributed by atoms with Crippen LogP contribution in [0.1, 0.15) is 11.1 Å². The molecule has 0 radical (unpaired) electrons. The van der Waals surface area contributed by atoms with Crippen molar-refractivity contribution in [1.82, 2.24) is 0 Å². The van der Waals surface area contributed by atoms with E-state index < -0.39 is 0 Å². The van der Waals surface area contributed by atoms with Gasteiger partial charge in [0.15, 0.2) is 0 Å². The first-order chi connectivity index (χ1) is 10.2. The highest BCUT2D eigenvalue weighted by Gasteiger charge is 2.06. The average Bonchev–Trinajstić information content (AvgIpc) is 2.52. The fraction of sp³-hybridized carbons (Fsp3) is 0.176. The summed E-state index contributed by atoms with van der Waals surface area (Å²) >= 11 is 0. The monoisotopic (exact) mass is 285 g/mol. The molecular weight excluding hydrogens is 269 g/mol. The zero-order valence-corrected chi connectivity index (χ0v) is 11.7.